The number of benzene rings is 1. The lowest BCUT2D eigenvalue weighted by molar-refractivity contribution is 0.372. The van der Waals surface area contributed by atoms with Gasteiger partial charge in [-0.2, -0.15) is 0 Å². The van der Waals surface area contributed by atoms with E-state index in [-0.39, 0.29) is 11.9 Å². The molecule has 0 radical (unpaired) electrons. The van der Waals surface area contributed by atoms with Crippen molar-refractivity contribution in [2.24, 2.45) is 11.7 Å². The first-order valence-electron chi connectivity index (χ1n) is 5.47. The molecule has 0 aromatic heterocycles. The van der Waals surface area contributed by atoms with Crippen LogP contribution in [0.2, 0.25) is 5.02 Å². The fourth-order valence-electron chi connectivity index (χ4n) is 2.29. The Morgan fingerprint density at radius 3 is 2.94 bits per heavy atom. The third kappa shape index (κ3) is 2.37. The molecule has 1 aromatic rings. The topological polar surface area (TPSA) is 29.3 Å². The maximum atomic E-state index is 13.1. The van der Waals surface area contributed by atoms with E-state index >= 15 is 0 Å². The molecule has 2 N–H and O–H groups in total. The molecule has 2 unspecified atom stereocenters. The van der Waals surface area contributed by atoms with Crippen LogP contribution in [0.1, 0.15) is 18.0 Å². The van der Waals surface area contributed by atoms with E-state index in [0.717, 1.165) is 25.1 Å². The van der Waals surface area contributed by atoms with Gasteiger partial charge in [-0.3, -0.25) is 0 Å². The zero-order valence-corrected chi connectivity index (χ0v) is 10.0. The highest BCUT2D eigenvalue weighted by atomic mass is 35.5. The highest BCUT2D eigenvalue weighted by Crippen LogP contribution is 2.31. The summed E-state index contributed by atoms with van der Waals surface area (Å²) in [5.74, 6) is 0.0884. The van der Waals surface area contributed by atoms with Crippen LogP contribution in [0.15, 0.2) is 18.2 Å². The molecule has 1 saturated heterocycles. The molecule has 0 saturated carbocycles. The SMILES string of the molecule is CN1CCC(C(N)c2cc(F)ccc2Cl)C1. The van der Waals surface area contributed by atoms with Gasteiger partial charge in [0.15, 0.2) is 0 Å². The van der Waals surface area contributed by atoms with E-state index in [1.807, 2.05) is 0 Å². The fourth-order valence-corrected chi connectivity index (χ4v) is 2.53. The van der Waals surface area contributed by atoms with Crippen molar-refractivity contribution in [2.45, 2.75) is 12.5 Å². The molecular formula is C12H16ClFN2. The van der Waals surface area contributed by atoms with Crippen LogP contribution in [-0.4, -0.2) is 25.0 Å². The number of hydrogen-bond donors (Lipinski definition) is 1. The Kier molecular flexibility index (Phi) is 3.47. The summed E-state index contributed by atoms with van der Waals surface area (Å²) < 4.78 is 13.1. The van der Waals surface area contributed by atoms with E-state index < -0.39 is 0 Å². The van der Waals surface area contributed by atoms with Crippen molar-refractivity contribution in [1.29, 1.82) is 0 Å². The van der Waals surface area contributed by atoms with E-state index in [9.17, 15) is 4.39 Å². The number of halogens is 2. The van der Waals surface area contributed by atoms with Gasteiger partial charge in [-0.1, -0.05) is 11.6 Å². The minimum atomic E-state index is -0.277. The first-order chi connectivity index (χ1) is 7.58. The summed E-state index contributed by atoms with van der Waals surface area (Å²) >= 11 is 6.05. The molecule has 2 nitrogen and oxygen atoms in total. The second kappa shape index (κ2) is 4.70. The predicted octanol–water partition coefficient (Wildman–Crippen LogP) is 2.43. The van der Waals surface area contributed by atoms with Crippen molar-refractivity contribution in [2.75, 3.05) is 20.1 Å². The van der Waals surface area contributed by atoms with E-state index in [4.69, 9.17) is 17.3 Å². The molecule has 2 rings (SSSR count). The van der Waals surface area contributed by atoms with Crippen molar-refractivity contribution < 1.29 is 4.39 Å². The number of likely N-dealkylation sites (tertiary alicyclic amines) is 1. The molecule has 88 valence electrons. The Hall–Kier alpha value is -0.640. The number of nitrogens with two attached hydrogens (primary N) is 1. The molecule has 0 amide bonds. The Morgan fingerprint density at radius 1 is 1.56 bits per heavy atom. The highest BCUT2D eigenvalue weighted by molar-refractivity contribution is 6.31. The highest BCUT2D eigenvalue weighted by Gasteiger charge is 2.27. The van der Waals surface area contributed by atoms with Crippen molar-refractivity contribution in [3.8, 4) is 0 Å². The first-order valence-corrected chi connectivity index (χ1v) is 5.85. The molecule has 0 spiro atoms. The van der Waals surface area contributed by atoms with Gasteiger partial charge in [0.05, 0.1) is 0 Å². The Bertz CT molecular complexity index is 383. The molecule has 0 bridgehead atoms. The molecule has 1 fully saturated rings. The summed E-state index contributed by atoms with van der Waals surface area (Å²) in [6.45, 7) is 2.00. The maximum Gasteiger partial charge on any atom is 0.123 e. The van der Waals surface area contributed by atoms with Crippen LogP contribution in [0.5, 0.6) is 0 Å². The zero-order chi connectivity index (χ0) is 11.7. The lowest BCUT2D eigenvalue weighted by Crippen LogP contribution is -2.24. The van der Waals surface area contributed by atoms with Gasteiger partial charge in [-0.15, -0.1) is 0 Å². The summed E-state index contributed by atoms with van der Waals surface area (Å²) in [6, 6.07) is 4.21. The summed E-state index contributed by atoms with van der Waals surface area (Å²) in [6.07, 6.45) is 1.05. The molecule has 1 aromatic carbocycles. The Balaban J connectivity index is 2.20. The van der Waals surface area contributed by atoms with Gasteiger partial charge in [-0.25, -0.2) is 4.39 Å². The molecule has 0 aliphatic carbocycles. The van der Waals surface area contributed by atoms with Crippen LogP contribution in [0, 0.1) is 11.7 Å². The molecular weight excluding hydrogens is 227 g/mol. The summed E-state index contributed by atoms with van der Waals surface area (Å²) in [4.78, 5) is 2.23. The van der Waals surface area contributed by atoms with E-state index in [2.05, 4.69) is 11.9 Å². The maximum absolute atomic E-state index is 13.1. The van der Waals surface area contributed by atoms with Crippen molar-refractivity contribution in [1.82, 2.24) is 4.90 Å². The molecule has 4 heteroatoms. The van der Waals surface area contributed by atoms with Crippen LogP contribution in [0.25, 0.3) is 0 Å². The Morgan fingerprint density at radius 2 is 2.31 bits per heavy atom. The van der Waals surface area contributed by atoms with Crippen LogP contribution in [0.3, 0.4) is 0 Å². The zero-order valence-electron chi connectivity index (χ0n) is 9.29. The van der Waals surface area contributed by atoms with Crippen LogP contribution >= 0.6 is 11.6 Å². The fraction of sp³-hybridized carbons (Fsp3) is 0.500. The van der Waals surface area contributed by atoms with Gasteiger partial charge in [0.2, 0.25) is 0 Å². The van der Waals surface area contributed by atoms with Gasteiger partial charge in [0, 0.05) is 17.6 Å². The van der Waals surface area contributed by atoms with E-state index in [1.165, 1.54) is 12.1 Å². The quantitative estimate of drug-likeness (QED) is 0.863. The third-order valence-electron chi connectivity index (χ3n) is 3.25. The second-order valence-corrected chi connectivity index (χ2v) is 4.91. The van der Waals surface area contributed by atoms with Gasteiger partial charge >= 0.3 is 0 Å². The summed E-state index contributed by atoms with van der Waals surface area (Å²) in [5, 5.41) is 0.559. The minimum Gasteiger partial charge on any atom is -0.324 e. The molecule has 2 atom stereocenters. The van der Waals surface area contributed by atoms with Crippen LogP contribution in [0.4, 0.5) is 4.39 Å². The first kappa shape index (κ1) is 11.8. The Labute approximate surface area is 100 Å². The number of nitrogens with zero attached hydrogens (tertiary/aromatic N) is 1. The van der Waals surface area contributed by atoms with Crippen molar-refractivity contribution >= 4 is 11.6 Å². The van der Waals surface area contributed by atoms with Crippen molar-refractivity contribution in [3.05, 3.63) is 34.6 Å². The smallest absolute Gasteiger partial charge is 0.123 e. The van der Waals surface area contributed by atoms with E-state index in [0.29, 0.717) is 10.9 Å². The standard InChI is InChI=1S/C12H16ClFN2/c1-16-5-4-8(7-16)12(15)10-6-9(14)2-3-11(10)13/h2-3,6,8,12H,4-5,7,15H2,1H3. The average Bonchev–Trinajstić information content (AvgIpc) is 2.67. The largest absolute Gasteiger partial charge is 0.324 e. The predicted molar refractivity (Wildman–Crippen MR) is 63.9 cm³/mol. The molecule has 1 aliphatic rings. The lowest BCUT2D eigenvalue weighted by atomic mass is 9.93. The van der Waals surface area contributed by atoms with E-state index in [1.54, 1.807) is 6.07 Å². The monoisotopic (exact) mass is 242 g/mol. The molecule has 16 heavy (non-hydrogen) atoms. The van der Waals surface area contributed by atoms with Crippen molar-refractivity contribution in [3.63, 3.8) is 0 Å². The van der Waals surface area contributed by atoms with Gasteiger partial charge in [0.1, 0.15) is 5.82 Å². The average molecular weight is 243 g/mol. The number of hydrogen-bond acceptors (Lipinski definition) is 2. The third-order valence-corrected chi connectivity index (χ3v) is 3.60. The lowest BCUT2D eigenvalue weighted by Gasteiger charge is -2.20. The van der Waals surface area contributed by atoms with Gasteiger partial charge < -0.3 is 10.6 Å². The van der Waals surface area contributed by atoms with Crippen LogP contribution in [-0.2, 0) is 0 Å². The molecule has 1 heterocycles. The number of rotatable bonds is 2. The summed E-state index contributed by atoms with van der Waals surface area (Å²) in [5.41, 5.74) is 6.88. The van der Waals surface area contributed by atoms with Crippen LogP contribution < -0.4 is 5.73 Å². The molecule has 1 aliphatic heterocycles. The van der Waals surface area contributed by atoms with Gasteiger partial charge in [0.25, 0.3) is 0 Å². The summed E-state index contributed by atoms with van der Waals surface area (Å²) in [7, 11) is 2.07. The second-order valence-electron chi connectivity index (χ2n) is 4.50. The van der Waals surface area contributed by atoms with Gasteiger partial charge in [-0.05, 0) is 49.7 Å². The minimum absolute atomic E-state index is 0.173. The normalized spacial score (nSPS) is 23.6.